The summed E-state index contributed by atoms with van der Waals surface area (Å²) in [7, 11) is 0. The molecule has 3 heteroatoms. The van der Waals surface area contributed by atoms with Crippen molar-refractivity contribution in [3.05, 3.63) is 35.9 Å². The number of nitrogens with zero attached hydrogens (tertiary/aromatic N) is 1. The van der Waals surface area contributed by atoms with E-state index in [1.807, 2.05) is 30.3 Å². The van der Waals surface area contributed by atoms with E-state index in [0.717, 1.165) is 5.56 Å². The van der Waals surface area contributed by atoms with E-state index in [0.29, 0.717) is 0 Å². The summed E-state index contributed by atoms with van der Waals surface area (Å²) in [4.78, 5) is 0. The van der Waals surface area contributed by atoms with Gasteiger partial charge in [-0.1, -0.05) is 35.5 Å². The van der Waals surface area contributed by atoms with E-state index in [4.69, 9.17) is 0 Å². The molecule has 0 aliphatic rings. The molecule has 0 fully saturated rings. The second-order valence-corrected chi connectivity index (χ2v) is 2.00. The molecule has 0 heterocycles. The molecule has 1 aromatic rings. The highest BCUT2D eigenvalue weighted by molar-refractivity contribution is 9.05. The van der Waals surface area contributed by atoms with Gasteiger partial charge in [0.2, 0.25) is 16.3 Å². The van der Waals surface area contributed by atoms with Crippen LogP contribution in [0.4, 0.5) is 0 Å². The summed E-state index contributed by atoms with van der Waals surface area (Å²) in [5, 5.41) is 3.53. The van der Waals surface area contributed by atoms with Gasteiger partial charge in [-0.3, -0.25) is 0 Å². The largest absolute Gasteiger partial charge is 0.315 e. The Balaban J connectivity index is 2.67. The Morgan fingerprint density at radius 3 is 2.60 bits per heavy atom. The lowest BCUT2D eigenvalue weighted by Gasteiger charge is -1.86. The molecule has 1 rings (SSSR count). The molecule has 0 amide bonds. The molecule has 52 valence electrons. The summed E-state index contributed by atoms with van der Waals surface area (Å²) in [6.07, 6.45) is 1.62. The zero-order valence-electron chi connectivity index (χ0n) is 5.20. The van der Waals surface area contributed by atoms with Crippen molar-refractivity contribution in [2.24, 2.45) is 5.16 Å². The third-order valence-corrected chi connectivity index (χ3v) is 1.21. The van der Waals surface area contributed by atoms with Crippen LogP contribution in [-0.2, 0) is 3.93 Å². The van der Waals surface area contributed by atoms with Crippen LogP contribution in [-0.4, -0.2) is 6.21 Å². The quantitative estimate of drug-likeness (QED) is 0.530. The minimum absolute atomic E-state index is 1.02. The van der Waals surface area contributed by atoms with Gasteiger partial charge in [0.05, 0.1) is 6.21 Å². The molecule has 0 aromatic heterocycles. The van der Waals surface area contributed by atoms with E-state index in [-0.39, 0.29) is 0 Å². The van der Waals surface area contributed by atoms with E-state index in [2.05, 4.69) is 25.3 Å². The standard InChI is InChI=1S/C7H6BrNO/c8-10-9-6-7-4-2-1-3-5-7/h1-6H. The maximum atomic E-state index is 4.33. The van der Waals surface area contributed by atoms with Gasteiger partial charge in [0, 0.05) is 0 Å². The van der Waals surface area contributed by atoms with Gasteiger partial charge in [-0.2, -0.15) is 0 Å². The minimum atomic E-state index is 1.02. The van der Waals surface area contributed by atoms with Crippen LogP contribution < -0.4 is 0 Å². The van der Waals surface area contributed by atoms with Crippen molar-refractivity contribution < 1.29 is 3.93 Å². The SMILES string of the molecule is BrON=Cc1ccccc1. The third kappa shape index (κ3) is 2.19. The molecule has 2 nitrogen and oxygen atoms in total. The Kier molecular flexibility index (Phi) is 2.96. The molecule has 0 aliphatic heterocycles. The van der Waals surface area contributed by atoms with Crippen LogP contribution in [0.2, 0.25) is 0 Å². The van der Waals surface area contributed by atoms with Gasteiger partial charge in [0.15, 0.2) is 0 Å². The lowest BCUT2D eigenvalue weighted by molar-refractivity contribution is 0.434. The van der Waals surface area contributed by atoms with E-state index >= 15 is 0 Å². The van der Waals surface area contributed by atoms with Crippen molar-refractivity contribution in [3.8, 4) is 0 Å². The Hall–Kier alpha value is -0.830. The summed E-state index contributed by atoms with van der Waals surface area (Å²) in [5.41, 5.74) is 1.02. The predicted octanol–water partition coefficient (Wildman–Crippen LogP) is 2.35. The average molecular weight is 200 g/mol. The Morgan fingerprint density at radius 1 is 1.30 bits per heavy atom. The van der Waals surface area contributed by atoms with E-state index in [9.17, 15) is 0 Å². The molecule has 0 aliphatic carbocycles. The molecule has 0 bridgehead atoms. The van der Waals surface area contributed by atoms with Gasteiger partial charge in [-0.05, 0) is 5.56 Å². The van der Waals surface area contributed by atoms with Crippen molar-refractivity contribution >= 4 is 22.5 Å². The van der Waals surface area contributed by atoms with E-state index in [1.165, 1.54) is 0 Å². The maximum Gasteiger partial charge on any atom is 0.215 e. The first-order valence-electron chi connectivity index (χ1n) is 2.79. The molecular weight excluding hydrogens is 194 g/mol. The zero-order chi connectivity index (χ0) is 7.23. The van der Waals surface area contributed by atoms with Gasteiger partial charge >= 0.3 is 0 Å². The molecule has 0 spiro atoms. The average Bonchev–Trinajstić information content (AvgIpc) is 2.03. The van der Waals surface area contributed by atoms with Crippen LogP contribution >= 0.6 is 16.3 Å². The van der Waals surface area contributed by atoms with Crippen molar-refractivity contribution in [2.45, 2.75) is 0 Å². The molecule has 0 saturated carbocycles. The van der Waals surface area contributed by atoms with Crippen LogP contribution in [0.25, 0.3) is 0 Å². The number of oxime groups is 1. The van der Waals surface area contributed by atoms with Gasteiger partial charge in [-0.25, -0.2) is 0 Å². The van der Waals surface area contributed by atoms with Crippen molar-refractivity contribution in [1.82, 2.24) is 0 Å². The number of benzene rings is 1. The summed E-state index contributed by atoms with van der Waals surface area (Å²) in [5.74, 6) is 0. The molecule has 0 radical (unpaired) electrons. The summed E-state index contributed by atoms with van der Waals surface area (Å²) in [6, 6.07) is 9.71. The molecule has 0 unspecified atom stereocenters. The third-order valence-electron chi connectivity index (χ3n) is 1.04. The van der Waals surface area contributed by atoms with Crippen LogP contribution in [0, 0.1) is 0 Å². The fourth-order valence-electron chi connectivity index (χ4n) is 0.620. The van der Waals surface area contributed by atoms with Crippen LogP contribution in [0.1, 0.15) is 5.56 Å². The van der Waals surface area contributed by atoms with E-state index in [1.54, 1.807) is 6.21 Å². The molecule has 1 aromatic carbocycles. The highest BCUT2D eigenvalue weighted by Crippen LogP contribution is 1.94. The van der Waals surface area contributed by atoms with Crippen molar-refractivity contribution in [3.63, 3.8) is 0 Å². The van der Waals surface area contributed by atoms with E-state index < -0.39 is 0 Å². The fraction of sp³-hybridized carbons (Fsp3) is 0. The zero-order valence-corrected chi connectivity index (χ0v) is 6.78. The molecule has 0 saturated heterocycles. The number of rotatable bonds is 2. The van der Waals surface area contributed by atoms with Crippen LogP contribution in [0.3, 0.4) is 0 Å². The predicted molar refractivity (Wildman–Crippen MR) is 44.0 cm³/mol. The topological polar surface area (TPSA) is 21.6 Å². The first kappa shape index (κ1) is 7.28. The second-order valence-electron chi connectivity index (χ2n) is 1.71. The van der Waals surface area contributed by atoms with Gasteiger partial charge in [-0.15, -0.1) is 0 Å². The van der Waals surface area contributed by atoms with Crippen molar-refractivity contribution in [2.75, 3.05) is 0 Å². The maximum absolute atomic E-state index is 4.33. The van der Waals surface area contributed by atoms with Crippen LogP contribution in [0.15, 0.2) is 35.5 Å². The number of hydrogen-bond donors (Lipinski definition) is 0. The molecule has 10 heavy (non-hydrogen) atoms. The first-order chi connectivity index (χ1) is 4.93. The van der Waals surface area contributed by atoms with Gasteiger partial charge in [0.1, 0.15) is 0 Å². The summed E-state index contributed by atoms with van der Waals surface area (Å²) in [6.45, 7) is 0. The number of halogens is 1. The van der Waals surface area contributed by atoms with Gasteiger partial charge in [0.25, 0.3) is 0 Å². The summed E-state index contributed by atoms with van der Waals surface area (Å²) < 4.78 is 4.33. The Morgan fingerprint density at radius 2 is 2.00 bits per heavy atom. The fourth-order valence-corrected chi connectivity index (χ4v) is 0.703. The van der Waals surface area contributed by atoms with Crippen LogP contribution in [0.5, 0.6) is 0 Å². The van der Waals surface area contributed by atoms with Crippen molar-refractivity contribution in [1.29, 1.82) is 0 Å². The smallest absolute Gasteiger partial charge is 0.215 e. The lowest BCUT2D eigenvalue weighted by atomic mass is 10.2. The minimum Gasteiger partial charge on any atom is -0.315 e. The molecule has 0 N–H and O–H groups in total. The monoisotopic (exact) mass is 199 g/mol. The second kappa shape index (κ2) is 4.06. The Bertz CT molecular complexity index is 210. The highest BCUT2D eigenvalue weighted by atomic mass is 79.9. The van der Waals surface area contributed by atoms with Gasteiger partial charge < -0.3 is 3.93 Å². The molecule has 0 atom stereocenters. The normalized spacial score (nSPS) is 10.1. The number of hydrogen-bond acceptors (Lipinski definition) is 2. The Labute approximate surface area is 68.0 Å². The first-order valence-corrected chi connectivity index (χ1v) is 3.44. The highest BCUT2D eigenvalue weighted by Gasteiger charge is 1.81. The lowest BCUT2D eigenvalue weighted by Crippen LogP contribution is -1.76. The summed E-state index contributed by atoms with van der Waals surface area (Å²) >= 11 is 2.71. The molecular formula is C7H6BrNO.